The van der Waals surface area contributed by atoms with Gasteiger partial charge in [0, 0.05) is 9.37 Å². The predicted octanol–water partition coefficient (Wildman–Crippen LogP) is 4.62. The van der Waals surface area contributed by atoms with E-state index in [-0.39, 0.29) is 4.75 Å². The maximum Gasteiger partial charge on any atom is 0.106 e. The van der Waals surface area contributed by atoms with Gasteiger partial charge in [0.15, 0.2) is 0 Å². The minimum absolute atomic E-state index is 0.277. The molecule has 0 aliphatic rings. The molecule has 0 heterocycles. The molecule has 1 aromatic rings. The van der Waals surface area contributed by atoms with Crippen LogP contribution >= 0.6 is 27.7 Å². The van der Waals surface area contributed by atoms with Crippen molar-refractivity contribution in [2.24, 2.45) is 0 Å². The third kappa shape index (κ3) is 3.25. The van der Waals surface area contributed by atoms with Crippen molar-refractivity contribution in [3.63, 3.8) is 0 Å². The van der Waals surface area contributed by atoms with Crippen molar-refractivity contribution < 1.29 is 0 Å². The molecular weight excluding hydrogens is 270 g/mol. The lowest BCUT2D eigenvalue weighted by molar-refractivity contribution is 0.672. The number of rotatable bonds is 4. The molecule has 0 radical (unpaired) electrons. The summed E-state index contributed by atoms with van der Waals surface area (Å²) in [6.45, 7) is 4.13. The van der Waals surface area contributed by atoms with E-state index in [2.05, 4.69) is 41.9 Å². The van der Waals surface area contributed by atoms with E-state index in [4.69, 9.17) is 0 Å². The quantitative estimate of drug-likeness (QED) is 0.753. The van der Waals surface area contributed by atoms with E-state index >= 15 is 0 Å². The molecule has 0 amide bonds. The summed E-state index contributed by atoms with van der Waals surface area (Å²) < 4.78 is 0.785. The van der Waals surface area contributed by atoms with Crippen molar-refractivity contribution >= 4 is 27.7 Å². The Kier molecular flexibility index (Phi) is 4.69. The molecule has 0 saturated carbocycles. The van der Waals surface area contributed by atoms with Crippen molar-refractivity contribution in [2.45, 2.75) is 36.3 Å². The van der Waals surface area contributed by atoms with E-state index in [0.29, 0.717) is 0 Å². The Balaban J connectivity index is 2.89. The fourth-order valence-electron chi connectivity index (χ4n) is 1.33. The fraction of sp³-hybridized carbons (Fsp3) is 0.417. The molecule has 3 heteroatoms. The van der Waals surface area contributed by atoms with E-state index < -0.39 is 0 Å². The van der Waals surface area contributed by atoms with E-state index in [9.17, 15) is 5.26 Å². The van der Waals surface area contributed by atoms with Crippen LogP contribution in [0.2, 0.25) is 0 Å². The molecule has 15 heavy (non-hydrogen) atoms. The second kappa shape index (κ2) is 5.58. The summed E-state index contributed by atoms with van der Waals surface area (Å²) in [6.07, 6.45) is 1.74. The molecule has 0 spiro atoms. The smallest absolute Gasteiger partial charge is 0.106 e. The second-order valence-electron chi connectivity index (χ2n) is 3.37. The highest BCUT2D eigenvalue weighted by molar-refractivity contribution is 9.10. The molecule has 1 aromatic carbocycles. The average Bonchev–Trinajstić information content (AvgIpc) is 2.26. The standard InChI is InChI=1S/C12H14BrNS/c1-3-12(4-2,9-14)15-11-7-5-6-10(13)8-11/h5-8H,3-4H2,1-2H3. The van der Waals surface area contributed by atoms with Crippen molar-refractivity contribution in [1.82, 2.24) is 0 Å². The Morgan fingerprint density at radius 1 is 1.40 bits per heavy atom. The Labute approximate surface area is 104 Å². The first-order valence-corrected chi connectivity index (χ1v) is 6.62. The van der Waals surface area contributed by atoms with Crippen LogP contribution in [0.15, 0.2) is 33.6 Å². The van der Waals surface area contributed by atoms with Gasteiger partial charge in [0.05, 0.1) is 6.07 Å². The van der Waals surface area contributed by atoms with Crippen LogP contribution in [-0.4, -0.2) is 4.75 Å². The van der Waals surface area contributed by atoms with Gasteiger partial charge in [-0.05, 0) is 31.0 Å². The molecule has 0 unspecified atom stereocenters. The summed E-state index contributed by atoms with van der Waals surface area (Å²) in [6, 6.07) is 10.5. The van der Waals surface area contributed by atoms with Crippen molar-refractivity contribution in [3.05, 3.63) is 28.7 Å². The molecule has 0 saturated heterocycles. The molecule has 0 aromatic heterocycles. The average molecular weight is 284 g/mol. The molecule has 0 N–H and O–H groups in total. The van der Waals surface area contributed by atoms with Crippen LogP contribution in [-0.2, 0) is 0 Å². The van der Waals surface area contributed by atoms with E-state index in [1.807, 2.05) is 18.2 Å². The van der Waals surface area contributed by atoms with Crippen LogP contribution in [0.5, 0.6) is 0 Å². The maximum absolute atomic E-state index is 9.22. The highest BCUT2D eigenvalue weighted by Crippen LogP contribution is 2.38. The number of benzene rings is 1. The van der Waals surface area contributed by atoms with Gasteiger partial charge in [0.1, 0.15) is 4.75 Å². The van der Waals surface area contributed by atoms with Crippen LogP contribution in [0.1, 0.15) is 26.7 Å². The minimum atomic E-state index is -0.277. The lowest BCUT2D eigenvalue weighted by Gasteiger charge is -2.22. The van der Waals surface area contributed by atoms with Gasteiger partial charge in [-0.3, -0.25) is 0 Å². The molecular formula is C12H14BrNS. The van der Waals surface area contributed by atoms with Gasteiger partial charge in [-0.15, -0.1) is 11.8 Å². The number of nitriles is 1. The highest BCUT2D eigenvalue weighted by atomic mass is 79.9. The lowest BCUT2D eigenvalue weighted by Crippen LogP contribution is -2.19. The van der Waals surface area contributed by atoms with Gasteiger partial charge in [0.2, 0.25) is 0 Å². The van der Waals surface area contributed by atoms with E-state index in [1.54, 1.807) is 11.8 Å². The van der Waals surface area contributed by atoms with E-state index in [1.165, 1.54) is 0 Å². The Morgan fingerprint density at radius 3 is 2.53 bits per heavy atom. The first-order valence-electron chi connectivity index (χ1n) is 5.01. The SMILES string of the molecule is CCC(C#N)(CC)Sc1cccc(Br)c1. The van der Waals surface area contributed by atoms with Crippen LogP contribution in [0.3, 0.4) is 0 Å². The van der Waals surface area contributed by atoms with Crippen LogP contribution in [0.25, 0.3) is 0 Å². The third-order valence-electron chi connectivity index (χ3n) is 2.46. The summed E-state index contributed by atoms with van der Waals surface area (Å²) in [5, 5.41) is 9.22. The maximum atomic E-state index is 9.22. The molecule has 0 atom stereocenters. The zero-order valence-electron chi connectivity index (χ0n) is 8.96. The molecule has 0 bridgehead atoms. The number of hydrogen-bond acceptors (Lipinski definition) is 2. The molecule has 1 nitrogen and oxygen atoms in total. The van der Waals surface area contributed by atoms with Gasteiger partial charge in [-0.25, -0.2) is 0 Å². The number of hydrogen-bond donors (Lipinski definition) is 0. The molecule has 0 aliphatic heterocycles. The zero-order valence-corrected chi connectivity index (χ0v) is 11.4. The van der Waals surface area contributed by atoms with Crippen molar-refractivity contribution in [1.29, 1.82) is 5.26 Å². The van der Waals surface area contributed by atoms with Crippen LogP contribution in [0, 0.1) is 11.3 Å². The van der Waals surface area contributed by atoms with Gasteiger partial charge < -0.3 is 0 Å². The fourth-order valence-corrected chi connectivity index (χ4v) is 3.00. The second-order valence-corrected chi connectivity index (χ2v) is 5.75. The van der Waals surface area contributed by atoms with Crippen LogP contribution < -0.4 is 0 Å². The molecule has 0 aliphatic carbocycles. The minimum Gasteiger partial charge on any atom is -0.197 e. The highest BCUT2D eigenvalue weighted by Gasteiger charge is 2.26. The molecule has 0 fully saturated rings. The summed E-state index contributed by atoms with van der Waals surface area (Å²) in [5.41, 5.74) is 0. The van der Waals surface area contributed by atoms with Gasteiger partial charge >= 0.3 is 0 Å². The predicted molar refractivity (Wildman–Crippen MR) is 68.9 cm³/mol. The lowest BCUT2D eigenvalue weighted by atomic mass is 10.1. The number of halogens is 1. The number of thioether (sulfide) groups is 1. The summed E-state index contributed by atoms with van der Waals surface area (Å²) in [4.78, 5) is 1.15. The summed E-state index contributed by atoms with van der Waals surface area (Å²) >= 11 is 5.10. The third-order valence-corrected chi connectivity index (χ3v) is 4.50. The van der Waals surface area contributed by atoms with Gasteiger partial charge in [0.25, 0.3) is 0 Å². The zero-order chi connectivity index (χ0) is 11.3. The molecule has 80 valence electrons. The summed E-state index contributed by atoms with van der Waals surface area (Å²) in [5.74, 6) is 0. The summed E-state index contributed by atoms with van der Waals surface area (Å²) in [7, 11) is 0. The topological polar surface area (TPSA) is 23.8 Å². The number of nitrogens with zero attached hydrogens (tertiary/aromatic N) is 1. The largest absolute Gasteiger partial charge is 0.197 e. The first kappa shape index (κ1) is 12.6. The van der Waals surface area contributed by atoms with Gasteiger partial charge in [-0.1, -0.05) is 35.8 Å². The Hall–Kier alpha value is -0.460. The first-order chi connectivity index (χ1) is 7.15. The van der Waals surface area contributed by atoms with Crippen molar-refractivity contribution in [3.8, 4) is 6.07 Å². The Morgan fingerprint density at radius 2 is 2.07 bits per heavy atom. The normalized spacial score (nSPS) is 11.1. The Bertz CT molecular complexity index is 366. The van der Waals surface area contributed by atoms with Crippen molar-refractivity contribution in [2.75, 3.05) is 0 Å². The van der Waals surface area contributed by atoms with Gasteiger partial charge in [-0.2, -0.15) is 5.26 Å². The van der Waals surface area contributed by atoms with Crippen LogP contribution in [0.4, 0.5) is 0 Å². The van der Waals surface area contributed by atoms with E-state index in [0.717, 1.165) is 22.2 Å². The molecule has 1 rings (SSSR count). The monoisotopic (exact) mass is 283 g/mol.